The number of aliphatic carboxylic acids is 1. The van der Waals surface area contributed by atoms with Gasteiger partial charge in [-0.2, -0.15) is 0 Å². The van der Waals surface area contributed by atoms with Crippen LogP contribution in [0, 0.1) is 0 Å². The number of carbonyl (C=O) groups is 3. The standard InChI is InChI=1S/C56H97NO7/c1-6-8-10-12-14-16-18-20-22-24-26-27-29-31-33-35-37-39-41-43-45-47-55(59)64-52(50-62-49-48-53(56(60)61)57(3,4)5)51-63-54(58)46-44-42-40-38-36-34-32-30-28-25-23-21-19-17-15-13-11-9-7-2/h14,16,20,22,25-28,31,33,37,39,52-53H,6-13,15,17-19,21,23-24,29-30,32,34-36,38,40-51H2,1-5H3/p+1/b16-14+,22-20+,27-26+,28-25+,33-31+,39-37+. The molecule has 0 aliphatic heterocycles. The third-order valence-electron chi connectivity index (χ3n) is 11.3. The molecule has 1 N–H and O–H groups in total. The number of allylic oxidation sites excluding steroid dienone is 12. The fourth-order valence-corrected chi connectivity index (χ4v) is 7.28. The molecule has 0 rings (SSSR count). The minimum Gasteiger partial charge on any atom is -0.477 e. The maximum Gasteiger partial charge on any atom is 0.362 e. The van der Waals surface area contributed by atoms with Crippen molar-refractivity contribution in [2.75, 3.05) is 41.0 Å². The molecule has 0 spiro atoms. The Bertz CT molecular complexity index is 1270. The Morgan fingerprint density at radius 2 is 0.828 bits per heavy atom. The van der Waals surface area contributed by atoms with Gasteiger partial charge in [-0.05, 0) is 89.9 Å². The summed E-state index contributed by atoms with van der Waals surface area (Å²) in [6.45, 7) is 4.67. The Morgan fingerprint density at radius 1 is 0.469 bits per heavy atom. The zero-order valence-corrected chi connectivity index (χ0v) is 42.0. The highest BCUT2D eigenvalue weighted by atomic mass is 16.6. The van der Waals surface area contributed by atoms with Gasteiger partial charge in [-0.3, -0.25) is 9.59 Å². The topological polar surface area (TPSA) is 99.1 Å². The van der Waals surface area contributed by atoms with Crippen LogP contribution < -0.4 is 0 Å². The first-order chi connectivity index (χ1) is 31.1. The van der Waals surface area contributed by atoms with E-state index in [4.69, 9.17) is 14.2 Å². The molecule has 2 atom stereocenters. The smallest absolute Gasteiger partial charge is 0.362 e. The molecule has 0 bridgehead atoms. The van der Waals surface area contributed by atoms with Gasteiger partial charge in [-0.1, -0.05) is 177 Å². The first-order valence-electron chi connectivity index (χ1n) is 26.0. The molecule has 0 aliphatic rings. The number of hydrogen-bond acceptors (Lipinski definition) is 6. The van der Waals surface area contributed by atoms with Gasteiger partial charge in [0.2, 0.25) is 0 Å². The van der Waals surface area contributed by atoms with Crippen LogP contribution >= 0.6 is 0 Å². The minimum atomic E-state index is -0.884. The molecule has 0 radical (unpaired) electrons. The van der Waals surface area contributed by atoms with E-state index in [-0.39, 0.29) is 42.7 Å². The van der Waals surface area contributed by atoms with Crippen molar-refractivity contribution in [3.05, 3.63) is 72.9 Å². The van der Waals surface area contributed by atoms with Crippen LogP contribution in [0.15, 0.2) is 72.9 Å². The molecule has 0 aromatic carbocycles. The quantitative estimate of drug-likeness (QED) is 0.0281. The summed E-state index contributed by atoms with van der Waals surface area (Å²) in [5, 5.41) is 9.65. The third-order valence-corrected chi connectivity index (χ3v) is 11.3. The predicted octanol–water partition coefficient (Wildman–Crippen LogP) is 15.1. The van der Waals surface area contributed by atoms with Crippen LogP contribution in [0.4, 0.5) is 0 Å². The van der Waals surface area contributed by atoms with E-state index in [9.17, 15) is 19.5 Å². The van der Waals surface area contributed by atoms with E-state index in [2.05, 4.69) is 86.8 Å². The van der Waals surface area contributed by atoms with Gasteiger partial charge in [0, 0.05) is 19.3 Å². The molecular formula is C56H98NO7+. The van der Waals surface area contributed by atoms with Gasteiger partial charge in [-0.25, -0.2) is 4.79 Å². The number of carboxylic acids is 1. The second-order valence-electron chi connectivity index (χ2n) is 18.4. The summed E-state index contributed by atoms with van der Waals surface area (Å²) >= 11 is 0. The summed E-state index contributed by atoms with van der Waals surface area (Å²) < 4.78 is 17.3. The lowest BCUT2D eigenvalue weighted by Crippen LogP contribution is -2.50. The van der Waals surface area contributed by atoms with Crippen LogP contribution in [0.2, 0.25) is 0 Å². The lowest BCUT2D eigenvalue weighted by molar-refractivity contribution is -0.887. The summed E-state index contributed by atoms with van der Waals surface area (Å²) in [6, 6.07) is -0.627. The first-order valence-corrected chi connectivity index (χ1v) is 26.0. The van der Waals surface area contributed by atoms with Crippen molar-refractivity contribution < 1.29 is 38.2 Å². The molecule has 0 saturated heterocycles. The fourth-order valence-electron chi connectivity index (χ4n) is 7.28. The SMILES string of the molecule is CCCCC/C=C/C/C=C/C/C=C/C/C=C/C/C=C/CCCCC(=O)OC(COCCC(C(=O)O)[N+](C)(C)C)COC(=O)CCCCCCCCC/C=C/CCCCCCCCCC. The van der Waals surface area contributed by atoms with Gasteiger partial charge in [0.25, 0.3) is 0 Å². The molecule has 0 aliphatic carbocycles. The van der Waals surface area contributed by atoms with E-state index >= 15 is 0 Å². The van der Waals surface area contributed by atoms with E-state index in [0.29, 0.717) is 19.3 Å². The number of nitrogens with zero attached hydrogens (tertiary/aromatic N) is 1. The van der Waals surface area contributed by atoms with Crippen molar-refractivity contribution in [3.8, 4) is 0 Å². The van der Waals surface area contributed by atoms with Gasteiger partial charge in [0.1, 0.15) is 6.61 Å². The molecule has 0 aromatic heterocycles. The zero-order valence-electron chi connectivity index (χ0n) is 42.0. The predicted molar refractivity (Wildman–Crippen MR) is 270 cm³/mol. The maximum absolute atomic E-state index is 12.8. The summed E-state index contributed by atoms with van der Waals surface area (Å²) in [7, 11) is 5.51. The van der Waals surface area contributed by atoms with E-state index in [0.717, 1.165) is 57.8 Å². The fraction of sp³-hybridized carbons (Fsp3) is 0.732. The summed E-state index contributed by atoms with van der Waals surface area (Å²) in [5.41, 5.74) is 0. The Labute approximate surface area is 393 Å². The largest absolute Gasteiger partial charge is 0.477 e. The van der Waals surface area contributed by atoms with Gasteiger partial charge in [0.15, 0.2) is 12.1 Å². The number of rotatable bonds is 46. The van der Waals surface area contributed by atoms with Crippen molar-refractivity contribution in [2.45, 2.75) is 225 Å². The minimum absolute atomic E-state index is 0.0395. The normalized spacial score (nSPS) is 13.5. The highest BCUT2D eigenvalue weighted by Crippen LogP contribution is 2.14. The van der Waals surface area contributed by atoms with Crippen molar-refractivity contribution in [1.82, 2.24) is 0 Å². The van der Waals surface area contributed by atoms with E-state index < -0.39 is 18.1 Å². The number of carboxylic acid groups (broad SMARTS) is 1. The highest BCUT2D eigenvalue weighted by molar-refractivity contribution is 5.72. The van der Waals surface area contributed by atoms with E-state index in [1.807, 2.05) is 21.1 Å². The molecule has 0 saturated carbocycles. The van der Waals surface area contributed by atoms with Crippen molar-refractivity contribution in [2.24, 2.45) is 0 Å². The van der Waals surface area contributed by atoms with Gasteiger partial charge < -0.3 is 23.8 Å². The molecule has 0 aromatic rings. The molecular weight excluding hydrogens is 799 g/mol. The van der Waals surface area contributed by atoms with Gasteiger partial charge in [-0.15, -0.1) is 0 Å². The van der Waals surface area contributed by atoms with Crippen LogP contribution in [-0.4, -0.2) is 80.6 Å². The first kappa shape index (κ1) is 60.8. The number of unbranched alkanes of at least 4 members (excludes halogenated alkanes) is 20. The molecule has 0 amide bonds. The van der Waals surface area contributed by atoms with Crippen molar-refractivity contribution in [3.63, 3.8) is 0 Å². The second kappa shape index (κ2) is 46.3. The molecule has 8 heteroatoms. The monoisotopic (exact) mass is 897 g/mol. The van der Waals surface area contributed by atoms with Crippen molar-refractivity contribution >= 4 is 17.9 Å². The number of hydrogen-bond donors (Lipinski definition) is 1. The molecule has 0 fully saturated rings. The Balaban J connectivity index is 4.35. The lowest BCUT2D eigenvalue weighted by Gasteiger charge is -2.31. The highest BCUT2D eigenvalue weighted by Gasteiger charge is 2.31. The second-order valence-corrected chi connectivity index (χ2v) is 18.4. The van der Waals surface area contributed by atoms with Crippen molar-refractivity contribution in [1.29, 1.82) is 0 Å². The van der Waals surface area contributed by atoms with Gasteiger partial charge >= 0.3 is 17.9 Å². The summed E-state index contributed by atoms with van der Waals surface area (Å²) in [4.78, 5) is 37.2. The average Bonchev–Trinajstić information content (AvgIpc) is 3.26. The number of likely N-dealkylation sites (N-methyl/N-ethyl adjacent to an activating group) is 1. The van der Waals surface area contributed by atoms with Crippen LogP contribution in [0.3, 0.4) is 0 Å². The number of carbonyl (C=O) groups excluding carboxylic acids is 2. The number of quaternary nitrogens is 1. The van der Waals surface area contributed by atoms with Crippen LogP contribution in [0.5, 0.6) is 0 Å². The summed E-state index contributed by atoms with van der Waals surface area (Å²) in [5.74, 6) is -1.53. The number of ether oxygens (including phenoxy) is 3. The zero-order chi connectivity index (χ0) is 47.0. The van der Waals surface area contributed by atoms with E-state index in [1.54, 1.807) is 0 Å². The third kappa shape index (κ3) is 44.0. The molecule has 0 heterocycles. The Morgan fingerprint density at radius 3 is 1.30 bits per heavy atom. The number of esters is 2. The lowest BCUT2D eigenvalue weighted by atomic mass is 10.1. The molecule has 64 heavy (non-hydrogen) atoms. The molecule has 8 nitrogen and oxygen atoms in total. The summed E-state index contributed by atoms with van der Waals surface area (Å²) in [6.07, 6.45) is 59.5. The Kier molecular flexibility index (Phi) is 44.0. The Hall–Kier alpha value is -3.23. The van der Waals surface area contributed by atoms with E-state index in [1.165, 1.54) is 116 Å². The van der Waals surface area contributed by atoms with Crippen LogP contribution in [0.25, 0.3) is 0 Å². The maximum atomic E-state index is 12.8. The average molecular weight is 897 g/mol. The van der Waals surface area contributed by atoms with Crippen LogP contribution in [0.1, 0.15) is 213 Å². The van der Waals surface area contributed by atoms with Crippen LogP contribution in [-0.2, 0) is 28.6 Å². The molecule has 2 unspecified atom stereocenters. The molecule has 368 valence electrons. The van der Waals surface area contributed by atoms with Gasteiger partial charge in [0.05, 0.1) is 34.4 Å².